The molecule has 0 bridgehead atoms. The molecule has 0 heterocycles. The average molecular weight is 459 g/mol. The average Bonchev–Trinajstić information content (AvgIpc) is 2.70. The molecule has 1 amide bonds. The van der Waals surface area contributed by atoms with E-state index in [0.29, 0.717) is 28.6 Å². The van der Waals surface area contributed by atoms with Crippen molar-refractivity contribution < 1.29 is 17.6 Å². The van der Waals surface area contributed by atoms with Crippen molar-refractivity contribution in [1.29, 1.82) is 0 Å². The Morgan fingerprint density at radius 2 is 1.72 bits per heavy atom. The Labute approximate surface area is 179 Å². The summed E-state index contributed by atoms with van der Waals surface area (Å²) in [4.78, 5) is 12.6. The molecule has 2 aromatic rings. The first-order chi connectivity index (χ1) is 13.8. The van der Waals surface area contributed by atoms with Crippen LogP contribution in [0.5, 0.6) is 0 Å². The van der Waals surface area contributed by atoms with E-state index in [1.165, 1.54) is 22.5 Å². The highest BCUT2D eigenvalue weighted by molar-refractivity contribution is 7.89. The third kappa shape index (κ3) is 5.48. The Kier molecular flexibility index (Phi) is 7.16. The highest BCUT2D eigenvalue weighted by atomic mass is 35.5. The summed E-state index contributed by atoms with van der Waals surface area (Å²) in [5.74, 6) is -1.05. The van der Waals surface area contributed by atoms with Crippen LogP contribution in [0.4, 0.5) is 10.1 Å². The van der Waals surface area contributed by atoms with Gasteiger partial charge in [-0.15, -0.1) is 0 Å². The lowest BCUT2D eigenvalue weighted by molar-refractivity contribution is -0.116. The molecule has 3 rings (SSSR count). The van der Waals surface area contributed by atoms with Crippen molar-refractivity contribution in [3.05, 3.63) is 58.3 Å². The molecule has 0 aromatic heterocycles. The predicted octanol–water partition coefficient (Wildman–Crippen LogP) is 5.09. The molecule has 2 aromatic carbocycles. The van der Waals surface area contributed by atoms with Gasteiger partial charge in [-0.2, -0.15) is 4.31 Å². The summed E-state index contributed by atoms with van der Waals surface area (Å²) < 4.78 is 40.9. The van der Waals surface area contributed by atoms with Crippen molar-refractivity contribution in [2.45, 2.75) is 43.0 Å². The molecule has 0 unspecified atom stereocenters. The normalized spacial score (nSPS) is 15.4. The number of carbonyl (C=O) groups is 1. The molecule has 1 N–H and O–H groups in total. The number of nitrogens with zero attached hydrogens (tertiary/aromatic N) is 1. The number of hydrogen-bond acceptors (Lipinski definition) is 3. The summed E-state index contributed by atoms with van der Waals surface area (Å²) in [6.45, 7) is -0.368. The molecular weight excluding hydrogens is 438 g/mol. The van der Waals surface area contributed by atoms with Gasteiger partial charge in [-0.05, 0) is 55.3 Å². The highest BCUT2D eigenvalue weighted by Gasteiger charge is 2.34. The van der Waals surface area contributed by atoms with Gasteiger partial charge in [0.15, 0.2) is 0 Å². The molecule has 1 saturated carbocycles. The zero-order chi connectivity index (χ0) is 21.0. The monoisotopic (exact) mass is 458 g/mol. The minimum Gasteiger partial charge on any atom is -0.324 e. The van der Waals surface area contributed by atoms with E-state index in [4.69, 9.17) is 23.2 Å². The summed E-state index contributed by atoms with van der Waals surface area (Å²) in [5, 5.41) is 3.33. The minimum absolute atomic E-state index is 0.0435. The van der Waals surface area contributed by atoms with Crippen LogP contribution < -0.4 is 5.32 Å². The van der Waals surface area contributed by atoms with Crippen molar-refractivity contribution in [2.24, 2.45) is 0 Å². The standard InChI is InChI=1S/C20H21Cl2FN2O3S/c21-14-6-11-18(22)19(12-14)24-20(26)13-25(16-4-2-1-3-5-16)29(27,28)17-9-7-15(23)8-10-17/h6-12,16H,1-5,13H2,(H,24,26). The highest BCUT2D eigenvalue weighted by Crippen LogP contribution is 2.29. The van der Waals surface area contributed by atoms with Gasteiger partial charge >= 0.3 is 0 Å². The zero-order valence-corrected chi connectivity index (χ0v) is 17.9. The fourth-order valence-electron chi connectivity index (χ4n) is 3.45. The third-order valence-corrected chi connectivity index (χ3v) is 7.38. The van der Waals surface area contributed by atoms with Gasteiger partial charge in [0.05, 0.1) is 22.2 Å². The van der Waals surface area contributed by atoms with Crippen LogP contribution in [-0.2, 0) is 14.8 Å². The maximum atomic E-state index is 13.3. The van der Waals surface area contributed by atoms with Crippen LogP contribution >= 0.6 is 23.2 Å². The summed E-state index contributed by atoms with van der Waals surface area (Å²) in [6.07, 6.45) is 4.16. The second-order valence-corrected chi connectivity index (χ2v) is 9.70. The first-order valence-corrected chi connectivity index (χ1v) is 11.5. The van der Waals surface area contributed by atoms with Crippen LogP contribution in [0.25, 0.3) is 0 Å². The van der Waals surface area contributed by atoms with E-state index in [0.717, 1.165) is 31.4 Å². The minimum atomic E-state index is -3.98. The van der Waals surface area contributed by atoms with Gasteiger partial charge < -0.3 is 5.32 Å². The van der Waals surface area contributed by atoms with Gasteiger partial charge in [0.2, 0.25) is 15.9 Å². The van der Waals surface area contributed by atoms with Crippen LogP contribution in [0.1, 0.15) is 32.1 Å². The molecule has 156 valence electrons. The third-order valence-electron chi connectivity index (χ3n) is 4.90. The summed E-state index contributed by atoms with van der Waals surface area (Å²) in [6, 6.07) is 8.97. The maximum Gasteiger partial charge on any atom is 0.243 e. The van der Waals surface area contributed by atoms with Crippen molar-refractivity contribution in [1.82, 2.24) is 4.31 Å². The Morgan fingerprint density at radius 1 is 1.07 bits per heavy atom. The lowest BCUT2D eigenvalue weighted by atomic mass is 9.95. The number of rotatable bonds is 6. The van der Waals surface area contributed by atoms with Crippen molar-refractivity contribution in [3.8, 4) is 0 Å². The van der Waals surface area contributed by atoms with Gasteiger partial charge in [0.1, 0.15) is 5.82 Å². The van der Waals surface area contributed by atoms with Crippen LogP contribution in [-0.4, -0.2) is 31.2 Å². The smallest absolute Gasteiger partial charge is 0.243 e. The molecule has 0 atom stereocenters. The fraction of sp³-hybridized carbons (Fsp3) is 0.350. The lowest BCUT2D eigenvalue weighted by Gasteiger charge is -2.33. The second-order valence-electron chi connectivity index (χ2n) is 6.97. The number of benzene rings is 2. The van der Waals surface area contributed by atoms with Gasteiger partial charge in [0.25, 0.3) is 0 Å². The van der Waals surface area contributed by atoms with Gasteiger partial charge in [0, 0.05) is 11.1 Å². The lowest BCUT2D eigenvalue weighted by Crippen LogP contribution is -2.45. The molecular formula is C20H21Cl2FN2O3S. The SMILES string of the molecule is O=C(CN(C1CCCCC1)S(=O)(=O)c1ccc(F)cc1)Nc1cc(Cl)ccc1Cl. The number of nitrogens with one attached hydrogen (secondary N) is 1. The molecule has 1 fully saturated rings. The van der Waals surface area contributed by atoms with Crippen molar-refractivity contribution >= 4 is 44.8 Å². The first-order valence-electron chi connectivity index (χ1n) is 9.29. The Hall–Kier alpha value is -1.67. The largest absolute Gasteiger partial charge is 0.324 e. The molecule has 0 radical (unpaired) electrons. The Morgan fingerprint density at radius 3 is 2.38 bits per heavy atom. The van der Waals surface area contributed by atoms with E-state index in [9.17, 15) is 17.6 Å². The number of carbonyl (C=O) groups excluding carboxylic acids is 1. The number of hydrogen-bond donors (Lipinski definition) is 1. The summed E-state index contributed by atoms with van der Waals surface area (Å²) >= 11 is 12.0. The summed E-state index contributed by atoms with van der Waals surface area (Å²) in [5.41, 5.74) is 0.312. The molecule has 1 aliphatic carbocycles. The van der Waals surface area contributed by atoms with E-state index in [1.54, 1.807) is 12.1 Å². The van der Waals surface area contributed by atoms with E-state index in [2.05, 4.69) is 5.32 Å². The van der Waals surface area contributed by atoms with E-state index >= 15 is 0 Å². The predicted molar refractivity (Wildman–Crippen MR) is 112 cm³/mol. The molecule has 1 aliphatic rings. The Balaban J connectivity index is 1.86. The van der Waals surface area contributed by atoms with Crippen LogP contribution in [0.3, 0.4) is 0 Å². The first kappa shape index (κ1) is 22.0. The molecule has 0 saturated heterocycles. The maximum absolute atomic E-state index is 13.3. The second kappa shape index (κ2) is 9.43. The molecule has 9 heteroatoms. The topological polar surface area (TPSA) is 66.5 Å². The van der Waals surface area contributed by atoms with Gasteiger partial charge in [-0.3, -0.25) is 4.79 Å². The van der Waals surface area contributed by atoms with Crippen LogP contribution in [0.2, 0.25) is 10.0 Å². The van der Waals surface area contributed by atoms with E-state index < -0.39 is 21.7 Å². The number of sulfonamides is 1. The quantitative estimate of drug-likeness (QED) is 0.654. The molecule has 5 nitrogen and oxygen atoms in total. The molecule has 0 spiro atoms. The number of amides is 1. The van der Waals surface area contributed by atoms with Crippen molar-refractivity contribution in [2.75, 3.05) is 11.9 Å². The van der Waals surface area contributed by atoms with Gasteiger partial charge in [-0.25, -0.2) is 12.8 Å². The van der Waals surface area contributed by atoms with Crippen LogP contribution in [0, 0.1) is 5.82 Å². The van der Waals surface area contributed by atoms with E-state index in [-0.39, 0.29) is 17.5 Å². The van der Waals surface area contributed by atoms with Crippen LogP contribution in [0.15, 0.2) is 47.4 Å². The number of halogens is 3. The van der Waals surface area contributed by atoms with Crippen molar-refractivity contribution in [3.63, 3.8) is 0 Å². The fourth-order valence-corrected chi connectivity index (χ4v) is 5.42. The zero-order valence-electron chi connectivity index (χ0n) is 15.6. The summed E-state index contributed by atoms with van der Waals surface area (Å²) in [7, 11) is -3.98. The molecule has 0 aliphatic heterocycles. The Bertz CT molecular complexity index is 978. The van der Waals surface area contributed by atoms with E-state index in [1.807, 2.05) is 0 Å². The molecule has 29 heavy (non-hydrogen) atoms. The van der Waals surface area contributed by atoms with Gasteiger partial charge in [-0.1, -0.05) is 42.5 Å². The number of anilines is 1.